The molecule has 0 saturated heterocycles. The number of hydrogen-bond acceptors (Lipinski definition) is 2. The predicted molar refractivity (Wildman–Crippen MR) is 242 cm³/mol. The highest BCUT2D eigenvalue weighted by molar-refractivity contribution is 6.13. The Labute approximate surface area is 338 Å². The molecule has 2 aromatic heterocycles. The maximum Gasteiger partial charge on any atom is 0.0730 e. The third-order valence-electron chi connectivity index (χ3n) is 11.3. The molecule has 0 spiro atoms. The fraction of sp³-hybridized carbons (Fsp3) is 0. The van der Waals surface area contributed by atoms with Gasteiger partial charge in [-0.05, 0) is 70.8 Å². The largest absolute Gasteiger partial charge is 0.309 e. The zero-order chi connectivity index (χ0) is 38.4. The minimum atomic E-state index is 0.926. The number of rotatable bonds is 6. The molecule has 0 amide bonds. The van der Waals surface area contributed by atoms with Gasteiger partial charge in [0.1, 0.15) is 0 Å². The van der Waals surface area contributed by atoms with Crippen LogP contribution < -0.4 is 4.90 Å². The SMILES string of the molecule is c1ccc(-c2cc(-c3ccccc3)cc(-n3c4c(c5ccccc53)-c3ccccc3N(c3cc(-c5ccccc5)nc(-c5ccccc5)c3)c3ccccc3-4)c2)cc1. The van der Waals surface area contributed by atoms with E-state index in [1.165, 1.54) is 38.8 Å². The Hall–Kier alpha value is -7.75. The average Bonchev–Trinajstić information content (AvgIpc) is 3.59. The van der Waals surface area contributed by atoms with Gasteiger partial charge < -0.3 is 9.47 Å². The van der Waals surface area contributed by atoms with Gasteiger partial charge in [-0.3, -0.25) is 0 Å². The van der Waals surface area contributed by atoms with E-state index < -0.39 is 0 Å². The number of benzene rings is 8. The van der Waals surface area contributed by atoms with Crippen molar-refractivity contribution >= 4 is 28.0 Å². The Morgan fingerprint density at radius 1 is 0.328 bits per heavy atom. The lowest BCUT2D eigenvalue weighted by Crippen LogP contribution is -2.12. The van der Waals surface area contributed by atoms with E-state index in [4.69, 9.17) is 4.98 Å². The summed E-state index contributed by atoms with van der Waals surface area (Å²) in [6.07, 6.45) is 0. The van der Waals surface area contributed by atoms with Crippen molar-refractivity contribution in [1.29, 1.82) is 0 Å². The summed E-state index contributed by atoms with van der Waals surface area (Å²) in [4.78, 5) is 7.71. The van der Waals surface area contributed by atoms with Crippen molar-refractivity contribution in [2.75, 3.05) is 4.90 Å². The molecule has 0 atom stereocenters. The molecular weight excluding hydrogens is 703 g/mol. The van der Waals surface area contributed by atoms with Crippen LogP contribution in [0, 0.1) is 0 Å². The van der Waals surface area contributed by atoms with Gasteiger partial charge in [-0.25, -0.2) is 4.98 Å². The summed E-state index contributed by atoms with van der Waals surface area (Å²) < 4.78 is 2.50. The van der Waals surface area contributed by atoms with Crippen LogP contribution in [0.15, 0.2) is 224 Å². The first-order chi connectivity index (χ1) is 28.8. The molecule has 0 radical (unpaired) electrons. The highest BCUT2D eigenvalue weighted by atomic mass is 15.2. The van der Waals surface area contributed by atoms with Gasteiger partial charge in [-0.15, -0.1) is 0 Å². The van der Waals surface area contributed by atoms with Crippen LogP contribution in [0.4, 0.5) is 17.1 Å². The van der Waals surface area contributed by atoms with Crippen molar-refractivity contribution < 1.29 is 0 Å². The summed E-state index contributed by atoms with van der Waals surface area (Å²) in [5.41, 5.74) is 18.9. The Morgan fingerprint density at radius 2 is 0.776 bits per heavy atom. The zero-order valence-electron chi connectivity index (χ0n) is 31.7. The molecule has 0 unspecified atom stereocenters. The molecule has 11 rings (SSSR count). The van der Waals surface area contributed by atoms with E-state index in [0.29, 0.717) is 0 Å². The van der Waals surface area contributed by atoms with Gasteiger partial charge >= 0.3 is 0 Å². The van der Waals surface area contributed by atoms with E-state index in [9.17, 15) is 0 Å². The number of para-hydroxylation sites is 3. The third-order valence-corrected chi connectivity index (χ3v) is 11.3. The van der Waals surface area contributed by atoms with Gasteiger partial charge in [0.25, 0.3) is 0 Å². The summed E-state index contributed by atoms with van der Waals surface area (Å²) in [6.45, 7) is 0. The molecule has 3 nitrogen and oxygen atoms in total. The van der Waals surface area contributed by atoms with Crippen molar-refractivity contribution in [2.24, 2.45) is 0 Å². The molecule has 0 fully saturated rings. The molecule has 1 aliphatic rings. The number of pyridine rings is 1. The van der Waals surface area contributed by atoms with Gasteiger partial charge in [-0.2, -0.15) is 0 Å². The molecule has 10 aromatic rings. The number of hydrogen-bond donors (Lipinski definition) is 0. The Balaban J connectivity index is 1.22. The average molecular weight is 740 g/mol. The first kappa shape index (κ1) is 33.6. The smallest absolute Gasteiger partial charge is 0.0730 e. The molecule has 0 N–H and O–H groups in total. The van der Waals surface area contributed by atoms with Gasteiger partial charge in [0.2, 0.25) is 0 Å². The quantitative estimate of drug-likeness (QED) is 0.169. The molecule has 1 aliphatic heterocycles. The Morgan fingerprint density at radius 3 is 1.34 bits per heavy atom. The van der Waals surface area contributed by atoms with Crippen LogP contribution in [0.1, 0.15) is 0 Å². The molecular formula is C55H37N3. The fourth-order valence-corrected chi connectivity index (χ4v) is 8.69. The molecule has 0 saturated carbocycles. The summed E-state index contributed by atoms with van der Waals surface area (Å²) in [6, 6.07) is 80.6. The molecule has 58 heavy (non-hydrogen) atoms. The highest BCUT2D eigenvalue weighted by Gasteiger charge is 2.32. The summed E-state index contributed by atoms with van der Waals surface area (Å²) >= 11 is 0. The van der Waals surface area contributed by atoms with Crippen LogP contribution in [-0.4, -0.2) is 9.55 Å². The number of anilines is 3. The second-order valence-electron chi connectivity index (χ2n) is 14.8. The summed E-state index contributed by atoms with van der Waals surface area (Å²) in [7, 11) is 0. The van der Waals surface area contributed by atoms with Crippen molar-refractivity contribution in [3.63, 3.8) is 0 Å². The topological polar surface area (TPSA) is 21.1 Å². The van der Waals surface area contributed by atoms with Gasteiger partial charge in [-0.1, -0.05) is 176 Å². The van der Waals surface area contributed by atoms with Gasteiger partial charge in [0.05, 0.1) is 39.7 Å². The summed E-state index contributed by atoms with van der Waals surface area (Å²) in [5, 5.41) is 1.21. The number of nitrogens with zero attached hydrogens (tertiary/aromatic N) is 3. The van der Waals surface area contributed by atoms with Crippen LogP contribution in [0.25, 0.3) is 83.7 Å². The Bertz CT molecular complexity index is 2980. The monoisotopic (exact) mass is 739 g/mol. The van der Waals surface area contributed by atoms with Crippen LogP contribution in [0.5, 0.6) is 0 Å². The fourth-order valence-electron chi connectivity index (χ4n) is 8.69. The van der Waals surface area contributed by atoms with Gasteiger partial charge in [0.15, 0.2) is 0 Å². The van der Waals surface area contributed by atoms with E-state index in [0.717, 1.165) is 62.0 Å². The molecule has 272 valence electrons. The lowest BCUT2D eigenvalue weighted by atomic mass is 9.97. The maximum absolute atomic E-state index is 5.26. The minimum absolute atomic E-state index is 0.926. The zero-order valence-corrected chi connectivity index (χ0v) is 31.7. The highest BCUT2D eigenvalue weighted by Crippen LogP contribution is 2.55. The maximum atomic E-state index is 5.26. The molecule has 0 aliphatic carbocycles. The minimum Gasteiger partial charge on any atom is -0.309 e. The third kappa shape index (κ3) is 5.72. The van der Waals surface area contributed by atoms with Crippen LogP contribution >= 0.6 is 0 Å². The van der Waals surface area contributed by atoms with Crippen molar-refractivity contribution in [2.45, 2.75) is 0 Å². The molecule has 3 heterocycles. The number of fused-ring (bicyclic) bond motifs is 7. The lowest BCUT2D eigenvalue weighted by Gasteiger charge is -2.28. The van der Waals surface area contributed by atoms with E-state index in [1.807, 2.05) is 0 Å². The lowest BCUT2D eigenvalue weighted by molar-refractivity contribution is 1.14. The van der Waals surface area contributed by atoms with Crippen LogP contribution in [0.2, 0.25) is 0 Å². The van der Waals surface area contributed by atoms with Crippen molar-refractivity contribution in [1.82, 2.24) is 9.55 Å². The summed E-state index contributed by atoms with van der Waals surface area (Å²) in [5.74, 6) is 0. The van der Waals surface area contributed by atoms with Crippen molar-refractivity contribution in [3.05, 3.63) is 224 Å². The second-order valence-corrected chi connectivity index (χ2v) is 14.8. The first-order valence-corrected chi connectivity index (χ1v) is 19.8. The van der Waals surface area contributed by atoms with Gasteiger partial charge in [0, 0.05) is 38.9 Å². The Kier molecular flexibility index (Phi) is 8.15. The van der Waals surface area contributed by atoms with Crippen LogP contribution in [0.3, 0.4) is 0 Å². The van der Waals surface area contributed by atoms with Crippen LogP contribution in [-0.2, 0) is 0 Å². The second kappa shape index (κ2) is 14.1. The van der Waals surface area contributed by atoms with E-state index in [-0.39, 0.29) is 0 Å². The van der Waals surface area contributed by atoms with Crippen molar-refractivity contribution in [3.8, 4) is 72.8 Å². The van der Waals surface area contributed by atoms with E-state index in [1.54, 1.807) is 0 Å². The molecule has 0 bridgehead atoms. The predicted octanol–water partition coefficient (Wildman–Crippen LogP) is 14.8. The number of aromatic nitrogens is 2. The van der Waals surface area contributed by atoms with E-state index in [2.05, 4.69) is 234 Å². The first-order valence-electron chi connectivity index (χ1n) is 19.8. The normalized spacial score (nSPS) is 11.8. The standard InChI is InChI=1S/C55H37N3/c1-5-19-38(20-6-1)42-33-43(39-21-7-2-8-22-39)35-44(34-42)58-52-31-17-14-28-47(52)54-46-27-13-16-30-51(46)57(53-32-18-15-29-48(53)55(54)58)45-36-49(40-23-9-3-10-24-40)56-50(37-45)41-25-11-4-12-26-41/h1-37H. The molecule has 8 aromatic carbocycles. The molecule has 3 heteroatoms. The van der Waals surface area contributed by atoms with E-state index >= 15 is 0 Å².